The van der Waals surface area contributed by atoms with Gasteiger partial charge in [-0.25, -0.2) is 9.59 Å². The molecule has 158 valence electrons. The maximum atomic E-state index is 12.8. The average Bonchev–Trinajstić information content (AvgIpc) is 3.09. The number of likely N-dealkylation sites (N-methyl/N-ethyl adjacent to an activating group) is 1. The van der Waals surface area contributed by atoms with Gasteiger partial charge in [-0.1, -0.05) is 80.6 Å². The quantitative estimate of drug-likeness (QED) is 0.706. The highest BCUT2D eigenvalue weighted by Gasteiger charge is 2.33. The van der Waals surface area contributed by atoms with Gasteiger partial charge in [-0.15, -0.1) is 0 Å². The summed E-state index contributed by atoms with van der Waals surface area (Å²) in [6.07, 6.45) is 5.52. The number of fused-ring (bicyclic) bond motifs is 3. The number of amides is 1. The molecule has 0 heterocycles. The number of benzene rings is 2. The molecule has 1 unspecified atom stereocenters. The largest absolute Gasteiger partial charge is 0.480 e. The van der Waals surface area contributed by atoms with E-state index in [1.54, 1.807) is 7.05 Å². The van der Waals surface area contributed by atoms with Gasteiger partial charge < -0.3 is 9.84 Å². The summed E-state index contributed by atoms with van der Waals surface area (Å²) in [5, 5.41) is 9.71. The molecule has 2 aromatic rings. The Bertz CT molecular complexity index is 873. The molecule has 0 bridgehead atoms. The molecule has 2 aromatic carbocycles. The van der Waals surface area contributed by atoms with E-state index in [1.165, 1.54) is 22.4 Å². The van der Waals surface area contributed by atoms with E-state index in [1.807, 2.05) is 24.3 Å². The molecule has 0 aliphatic heterocycles. The lowest BCUT2D eigenvalue weighted by molar-refractivity contribution is -0.143. The highest BCUT2D eigenvalue weighted by atomic mass is 16.6. The Morgan fingerprint density at radius 1 is 1.00 bits per heavy atom. The number of carbonyl (C=O) groups excluding carboxylic acids is 1. The smallest absolute Gasteiger partial charge is 0.410 e. The Labute approximate surface area is 177 Å². The van der Waals surface area contributed by atoms with Crippen molar-refractivity contribution < 1.29 is 19.4 Å². The first-order chi connectivity index (χ1) is 14.6. The lowest BCUT2D eigenvalue weighted by Crippen LogP contribution is -2.44. The Kier molecular flexibility index (Phi) is 6.07. The van der Waals surface area contributed by atoms with Gasteiger partial charge in [0.2, 0.25) is 0 Å². The highest BCUT2D eigenvalue weighted by molar-refractivity contribution is 5.81. The Hall–Kier alpha value is -2.82. The second-order valence-corrected chi connectivity index (χ2v) is 8.51. The van der Waals surface area contributed by atoms with Crippen LogP contribution in [0.2, 0.25) is 0 Å². The number of carboxylic acid groups (broad SMARTS) is 1. The summed E-state index contributed by atoms with van der Waals surface area (Å²) in [6, 6.07) is 15.5. The summed E-state index contributed by atoms with van der Waals surface area (Å²) in [6.45, 7) is 0.201. The van der Waals surface area contributed by atoms with E-state index in [0.717, 1.165) is 36.8 Å². The third kappa shape index (κ3) is 4.07. The van der Waals surface area contributed by atoms with E-state index < -0.39 is 18.1 Å². The molecule has 5 heteroatoms. The number of aliphatic carboxylic acids is 1. The van der Waals surface area contributed by atoms with E-state index in [9.17, 15) is 14.7 Å². The van der Waals surface area contributed by atoms with Crippen LogP contribution in [-0.4, -0.2) is 41.8 Å². The number of ether oxygens (including phenoxy) is 1. The minimum absolute atomic E-state index is 0.0311. The molecule has 0 spiro atoms. The summed E-state index contributed by atoms with van der Waals surface area (Å²) in [4.78, 5) is 25.9. The monoisotopic (exact) mass is 407 g/mol. The molecule has 0 saturated heterocycles. The van der Waals surface area contributed by atoms with Crippen LogP contribution in [0.1, 0.15) is 55.6 Å². The number of rotatable bonds is 6. The van der Waals surface area contributed by atoms with Crippen molar-refractivity contribution in [1.29, 1.82) is 0 Å². The van der Waals surface area contributed by atoms with E-state index in [4.69, 9.17) is 4.74 Å². The maximum absolute atomic E-state index is 12.8. The molecule has 30 heavy (non-hydrogen) atoms. The van der Waals surface area contributed by atoms with Crippen molar-refractivity contribution in [2.45, 2.75) is 50.5 Å². The van der Waals surface area contributed by atoms with E-state index in [-0.39, 0.29) is 12.5 Å². The van der Waals surface area contributed by atoms with Crippen molar-refractivity contribution in [3.8, 4) is 11.1 Å². The van der Waals surface area contributed by atoms with Crippen LogP contribution in [0.5, 0.6) is 0 Å². The first-order valence-electron chi connectivity index (χ1n) is 10.9. The van der Waals surface area contributed by atoms with Gasteiger partial charge in [0.05, 0.1) is 0 Å². The number of nitrogens with zero attached hydrogens (tertiary/aromatic N) is 1. The topological polar surface area (TPSA) is 66.8 Å². The van der Waals surface area contributed by atoms with Crippen LogP contribution >= 0.6 is 0 Å². The summed E-state index contributed by atoms with van der Waals surface area (Å²) >= 11 is 0. The van der Waals surface area contributed by atoms with Gasteiger partial charge in [0.25, 0.3) is 0 Å². The van der Waals surface area contributed by atoms with Gasteiger partial charge in [0.15, 0.2) is 0 Å². The molecule has 4 rings (SSSR count). The zero-order valence-electron chi connectivity index (χ0n) is 17.4. The SMILES string of the molecule is CN(C(=O)OCC1c2ccccc2-c2ccccc21)C(CC1CCCCC1)C(=O)O. The summed E-state index contributed by atoms with van der Waals surface area (Å²) in [7, 11) is 1.54. The van der Waals surface area contributed by atoms with Crippen molar-refractivity contribution in [1.82, 2.24) is 4.90 Å². The van der Waals surface area contributed by atoms with E-state index in [0.29, 0.717) is 12.3 Å². The molecular formula is C25H29NO4. The lowest BCUT2D eigenvalue weighted by atomic mass is 9.84. The molecule has 1 saturated carbocycles. The van der Waals surface area contributed by atoms with E-state index >= 15 is 0 Å². The van der Waals surface area contributed by atoms with Gasteiger partial charge in [-0.3, -0.25) is 4.90 Å². The molecule has 0 aromatic heterocycles. The van der Waals surface area contributed by atoms with Crippen molar-refractivity contribution in [3.05, 3.63) is 59.7 Å². The van der Waals surface area contributed by atoms with Crippen LogP contribution in [0.4, 0.5) is 4.79 Å². The molecule has 5 nitrogen and oxygen atoms in total. The van der Waals surface area contributed by atoms with Gasteiger partial charge in [0, 0.05) is 13.0 Å². The zero-order valence-corrected chi connectivity index (χ0v) is 17.4. The summed E-state index contributed by atoms with van der Waals surface area (Å²) < 4.78 is 5.65. The molecule has 1 atom stereocenters. The number of carbonyl (C=O) groups is 2. The Morgan fingerprint density at radius 2 is 1.57 bits per heavy atom. The lowest BCUT2D eigenvalue weighted by Gasteiger charge is -2.30. The van der Waals surface area contributed by atoms with Crippen LogP contribution in [-0.2, 0) is 9.53 Å². The third-order valence-electron chi connectivity index (χ3n) is 6.66. The van der Waals surface area contributed by atoms with Gasteiger partial charge >= 0.3 is 12.1 Å². The van der Waals surface area contributed by atoms with Crippen molar-refractivity contribution >= 4 is 12.1 Å². The fourth-order valence-electron chi connectivity index (χ4n) is 4.99. The molecule has 1 amide bonds. The number of carboxylic acids is 1. The van der Waals surface area contributed by atoms with Crippen LogP contribution < -0.4 is 0 Å². The summed E-state index contributed by atoms with van der Waals surface area (Å²) in [5.41, 5.74) is 4.63. The number of hydrogen-bond acceptors (Lipinski definition) is 3. The minimum atomic E-state index is -0.961. The standard InChI is InChI=1S/C25H29NO4/c1-26(23(24(27)28)15-17-9-3-2-4-10-17)25(29)30-16-22-20-13-7-5-11-18(20)19-12-6-8-14-21(19)22/h5-8,11-14,17,22-23H,2-4,9-10,15-16H2,1H3,(H,27,28). The second kappa shape index (κ2) is 8.90. The predicted molar refractivity (Wildman–Crippen MR) is 115 cm³/mol. The van der Waals surface area contributed by atoms with Gasteiger partial charge in [-0.05, 0) is 34.6 Å². The maximum Gasteiger partial charge on any atom is 0.410 e. The van der Waals surface area contributed by atoms with E-state index in [2.05, 4.69) is 24.3 Å². The molecule has 0 radical (unpaired) electrons. The van der Waals surface area contributed by atoms with Crippen molar-refractivity contribution in [2.75, 3.05) is 13.7 Å². The minimum Gasteiger partial charge on any atom is -0.480 e. The van der Waals surface area contributed by atoms with Crippen molar-refractivity contribution in [2.24, 2.45) is 5.92 Å². The normalized spacial score (nSPS) is 17.1. The Morgan fingerprint density at radius 3 is 2.13 bits per heavy atom. The first-order valence-corrected chi connectivity index (χ1v) is 10.9. The molecule has 2 aliphatic carbocycles. The molecular weight excluding hydrogens is 378 g/mol. The van der Waals surface area contributed by atoms with Crippen LogP contribution in [0, 0.1) is 5.92 Å². The van der Waals surface area contributed by atoms with Crippen molar-refractivity contribution in [3.63, 3.8) is 0 Å². The molecule has 2 aliphatic rings. The third-order valence-corrected chi connectivity index (χ3v) is 6.66. The average molecular weight is 408 g/mol. The zero-order chi connectivity index (χ0) is 21.1. The Balaban J connectivity index is 1.44. The van der Waals surface area contributed by atoms with Gasteiger partial charge in [0.1, 0.15) is 12.6 Å². The fourth-order valence-corrected chi connectivity index (χ4v) is 4.99. The van der Waals surface area contributed by atoms with Crippen LogP contribution in [0.3, 0.4) is 0 Å². The molecule has 1 fully saturated rings. The number of hydrogen-bond donors (Lipinski definition) is 1. The molecule has 1 N–H and O–H groups in total. The van der Waals surface area contributed by atoms with Crippen LogP contribution in [0.15, 0.2) is 48.5 Å². The predicted octanol–water partition coefficient (Wildman–Crippen LogP) is 5.29. The summed E-state index contributed by atoms with van der Waals surface area (Å²) in [5.74, 6) is -0.628. The first kappa shape index (κ1) is 20.5. The fraction of sp³-hybridized carbons (Fsp3) is 0.440. The van der Waals surface area contributed by atoms with Crippen LogP contribution in [0.25, 0.3) is 11.1 Å². The van der Waals surface area contributed by atoms with Gasteiger partial charge in [-0.2, -0.15) is 0 Å². The highest BCUT2D eigenvalue weighted by Crippen LogP contribution is 2.44. The second-order valence-electron chi connectivity index (χ2n) is 8.51.